The van der Waals surface area contributed by atoms with Gasteiger partial charge in [-0.25, -0.2) is 0 Å². The van der Waals surface area contributed by atoms with Gasteiger partial charge in [0, 0.05) is 66.1 Å². The lowest BCUT2D eigenvalue weighted by molar-refractivity contribution is -0.137. The quantitative estimate of drug-likeness (QED) is 0.396. The Labute approximate surface area is 186 Å². The van der Waals surface area contributed by atoms with E-state index in [0.29, 0.717) is 41.4 Å². The molecular formula is C25H25N3O4. The summed E-state index contributed by atoms with van der Waals surface area (Å²) in [5.41, 5.74) is 16.4. The van der Waals surface area contributed by atoms with Crippen LogP contribution in [-0.4, -0.2) is 35.5 Å². The van der Waals surface area contributed by atoms with Gasteiger partial charge >= 0.3 is 5.97 Å². The number of carbonyl (C=O) groups excluding carboxylic acids is 1. The molecule has 7 nitrogen and oxygen atoms in total. The van der Waals surface area contributed by atoms with Crippen LogP contribution in [0.25, 0.3) is 0 Å². The third-order valence-corrected chi connectivity index (χ3v) is 5.65. The van der Waals surface area contributed by atoms with Gasteiger partial charge < -0.3 is 26.2 Å². The van der Waals surface area contributed by atoms with Crippen LogP contribution in [0.1, 0.15) is 45.8 Å². The summed E-state index contributed by atoms with van der Waals surface area (Å²) in [4.78, 5) is 25.7. The average Bonchev–Trinajstić information content (AvgIpc) is 2.76. The molecular weight excluding hydrogens is 406 g/mol. The van der Waals surface area contributed by atoms with Crippen LogP contribution in [0.2, 0.25) is 0 Å². The van der Waals surface area contributed by atoms with Crippen LogP contribution in [0.4, 0.5) is 11.4 Å². The number of carboxylic acid groups (broad SMARTS) is 1. The normalized spacial score (nSPS) is 12.4. The molecule has 0 saturated carbocycles. The minimum absolute atomic E-state index is 0.0167. The van der Waals surface area contributed by atoms with E-state index in [-0.39, 0.29) is 18.2 Å². The Morgan fingerprint density at radius 1 is 0.938 bits per heavy atom. The molecule has 7 heteroatoms. The molecule has 0 aliphatic carbocycles. The SMILES string of the molecule is CN(CCCC(=O)O)C(=O)c1ccccc1C1c2ccc(N)cc2Oc2cc(N)ccc21. The molecule has 1 heterocycles. The van der Waals surface area contributed by atoms with Crippen molar-refractivity contribution < 1.29 is 19.4 Å². The van der Waals surface area contributed by atoms with E-state index < -0.39 is 5.97 Å². The molecule has 0 unspecified atom stereocenters. The van der Waals surface area contributed by atoms with Crippen LogP contribution in [0.15, 0.2) is 60.7 Å². The second kappa shape index (κ2) is 8.63. The van der Waals surface area contributed by atoms with Gasteiger partial charge in [-0.3, -0.25) is 9.59 Å². The summed E-state index contributed by atoms with van der Waals surface area (Å²) >= 11 is 0. The zero-order valence-electron chi connectivity index (χ0n) is 17.7. The van der Waals surface area contributed by atoms with Crippen molar-refractivity contribution in [2.45, 2.75) is 18.8 Å². The number of anilines is 2. The van der Waals surface area contributed by atoms with Crippen molar-refractivity contribution in [1.29, 1.82) is 0 Å². The van der Waals surface area contributed by atoms with E-state index in [9.17, 15) is 9.59 Å². The van der Waals surface area contributed by atoms with Gasteiger partial charge in [0.1, 0.15) is 11.5 Å². The van der Waals surface area contributed by atoms with Gasteiger partial charge in [0.05, 0.1) is 0 Å². The number of hydrogen-bond donors (Lipinski definition) is 3. The van der Waals surface area contributed by atoms with Crippen LogP contribution >= 0.6 is 0 Å². The molecule has 3 aromatic rings. The fourth-order valence-corrected chi connectivity index (χ4v) is 4.09. The number of carbonyl (C=O) groups is 2. The molecule has 32 heavy (non-hydrogen) atoms. The third-order valence-electron chi connectivity index (χ3n) is 5.65. The highest BCUT2D eigenvalue weighted by molar-refractivity contribution is 5.96. The Kier molecular flexibility index (Phi) is 5.73. The van der Waals surface area contributed by atoms with E-state index >= 15 is 0 Å². The first-order chi connectivity index (χ1) is 15.3. The lowest BCUT2D eigenvalue weighted by atomic mass is 9.80. The Bertz CT molecular complexity index is 1140. The first-order valence-electron chi connectivity index (χ1n) is 10.4. The van der Waals surface area contributed by atoms with Gasteiger partial charge in [-0.1, -0.05) is 30.3 Å². The van der Waals surface area contributed by atoms with Crippen molar-refractivity contribution in [2.24, 2.45) is 0 Å². The molecule has 0 bridgehead atoms. The lowest BCUT2D eigenvalue weighted by Crippen LogP contribution is -2.29. The standard InChI is InChI=1S/C25H25N3O4/c1-28(12-4-7-23(29)30)25(31)18-6-3-2-5-17(18)24-19-10-8-15(26)13-21(19)32-22-14-16(27)9-11-20(22)24/h2-3,5-6,8-11,13-14,24H,4,7,12,26-27H2,1H3,(H,29,30). The molecule has 3 aromatic carbocycles. The minimum atomic E-state index is -0.875. The predicted molar refractivity (Wildman–Crippen MR) is 123 cm³/mol. The molecule has 164 valence electrons. The van der Waals surface area contributed by atoms with Gasteiger partial charge in [0.2, 0.25) is 0 Å². The maximum absolute atomic E-state index is 13.3. The topological polar surface area (TPSA) is 119 Å². The van der Waals surface area contributed by atoms with E-state index in [1.54, 1.807) is 30.1 Å². The first-order valence-corrected chi connectivity index (χ1v) is 10.4. The van der Waals surface area contributed by atoms with E-state index in [2.05, 4.69) is 0 Å². The molecule has 1 aliphatic heterocycles. The largest absolute Gasteiger partial charge is 0.481 e. The average molecular weight is 431 g/mol. The lowest BCUT2D eigenvalue weighted by Gasteiger charge is -2.30. The maximum Gasteiger partial charge on any atom is 0.303 e. The molecule has 0 saturated heterocycles. The highest BCUT2D eigenvalue weighted by Gasteiger charge is 2.32. The molecule has 4 rings (SSSR count). The smallest absolute Gasteiger partial charge is 0.303 e. The van der Waals surface area contributed by atoms with Crippen LogP contribution in [-0.2, 0) is 4.79 Å². The van der Waals surface area contributed by atoms with Gasteiger partial charge in [-0.15, -0.1) is 0 Å². The number of nitrogens with zero attached hydrogens (tertiary/aromatic N) is 1. The molecule has 0 aromatic heterocycles. The van der Waals surface area contributed by atoms with Gasteiger partial charge in [-0.05, 0) is 30.2 Å². The third kappa shape index (κ3) is 4.09. The Balaban J connectivity index is 1.78. The number of nitrogens with two attached hydrogens (primary N) is 2. The Morgan fingerprint density at radius 2 is 1.53 bits per heavy atom. The minimum Gasteiger partial charge on any atom is -0.481 e. The van der Waals surface area contributed by atoms with Gasteiger partial charge in [0.25, 0.3) is 5.91 Å². The molecule has 1 amide bonds. The van der Waals surface area contributed by atoms with Crippen LogP contribution < -0.4 is 16.2 Å². The Morgan fingerprint density at radius 3 is 2.12 bits per heavy atom. The summed E-state index contributed by atoms with van der Waals surface area (Å²) in [5, 5.41) is 8.89. The molecule has 0 radical (unpaired) electrons. The fraction of sp³-hybridized carbons (Fsp3) is 0.200. The van der Waals surface area contributed by atoms with Gasteiger partial charge in [-0.2, -0.15) is 0 Å². The number of rotatable bonds is 6. The van der Waals surface area contributed by atoms with Crippen LogP contribution in [0, 0.1) is 0 Å². The monoisotopic (exact) mass is 431 g/mol. The van der Waals surface area contributed by atoms with E-state index in [1.807, 2.05) is 42.5 Å². The fourth-order valence-electron chi connectivity index (χ4n) is 4.09. The van der Waals surface area contributed by atoms with E-state index in [4.69, 9.17) is 21.3 Å². The van der Waals surface area contributed by atoms with Gasteiger partial charge in [0.15, 0.2) is 0 Å². The molecule has 0 fully saturated rings. The van der Waals surface area contributed by atoms with Crippen LogP contribution in [0.3, 0.4) is 0 Å². The van der Waals surface area contributed by atoms with E-state index in [0.717, 1.165) is 16.7 Å². The molecule has 1 aliphatic rings. The second-order valence-corrected chi connectivity index (χ2v) is 7.94. The summed E-state index contributed by atoms with van der Waals surface area (Å²) in [5.74, 6) is -0.0236. The molecule has 5 N–H and O–H groups in total. The molecule has 0 spiro atoms. The number of benzene rings is 3. The zero-order chi connectivity index (χ0) is 22.8. The van der Waals surface area contributed by atoms with Crippen molar-refractivity contribution in [2.75, 3.05) is 25.1 Å². The number of amides is 1. The number of hydrogen-bond acceptors (Lipinski definition) is 5. The summed E-state index contributed by atoms with van der Waals surface area (Å²) < 4.78 is 6.10. The van der Waals surface area contributed by atoms with E-state index in [1.165, 1.54) is 0 Å². The molecule has 0 atom stereocenters. The predicted octanol–water partition coefficient (Wildman–Crippen LogP) is 4.07. The number of nitrogen functional groups attached to an aromatic ring is 2. The van der Waals surface area contributed by atoms with Crippen molar-refractivity contribution in [3.05, 3.63) is 82.9 Å². The highest BCUT2D eigenvalue weighted by atomic mass is 16.5. The number of carboxylic acids is 1. The number of aliphatic carboxylic acids is 1. The maximum atomic E-state index is 13.3. The highest BCUT2D eigenvalue weighted by Crippen LogP contribution is 2.49. The van der Waals surface area contributed by atoms with Crippen molar-refractivity contribution >= 4 is 23.3 Å². The van der Waals surface area contributed by atoms with Crippen molar-refractivity contribution in [1.82, 2.24) is 4.90 Å². The Hall–Kier alpha value is -4.00. The van der Waals surface area contributed by atoms with Crippen molar-refractivity contribution in [3.8, 4) is 11.5 Å². The summed E-state index contributed by atoms with van der Waals surface area (Å²) in [6.45, 7) is 0.355. The second-order valence-electron chi connectivity index (χ2n) is 7.94. The zero-order valence-corrected chi connectivity index (χ0v) is 17.7. The van der Waals surface area contributed by atoms with Crippen LogP contribution in [0.5, 0.6) is 11.5 Å². The number of fused-ring (bicyclic) bond motifs is 2. The van der Waals surface area contributed by atoms with Crippen molar-refractivity contribution in [3.63, 3.8) is 0 Å². The number of ether oxygens (including phenoxy) is 1. The summed E-state index contributed by atoms with van der Waals surface area (Å²) in [6.07, 6.45) is 0.407. The first kappa shape index (κ1) is 21.2. The summed E-state index contributed by atoms with van der Waals surface area (Å²) in [7, 11) is 1.69. The summed E-state index contributed by atoms with van der Waals surface area (Å²) in [6, 6.07) is 18.5.